The summed E-state index contributed by atoms with van der Waals surface area (Å²) < 4.78 is 0. The molecule has 1 aromatic heterocycles. The number of carbonyl (C=O) groups is 2. The first-order chi connectivity index (χ1) is 13.1. The molecular weight excluding hydrogens is 356 g/mol. The fourth-order valence-electron chi connectivity index (χ4n) is 6.02. The predicted octanol–water partition coefficient (Wildman–Crippen LogP) is 4.39. The van der Waals surface area contributed by atoms with E-state index in [1.807, 2.05) is 41.8 Å². The zero-order chi connectivity index (χ0) is 18.4. The van der Waals surface area contributed by atoms with Gasteiger partial charge < -0.3 is 0 Å². The van der Waals surface area contributed by atoms with Gasteiger partial charge in [0.15, 0.2) is 0 Å². The Kier molecular flexibility index (Phi) is 4.08. The SMILES string of the molecule is O=C(NNC(=O)C12CC3CC(CC(C3)C1)C2)c1sccc1-c1ccccc1. The van der Waals surface area contributed by atoms with Crippen LogP contribution in [0.4, 0.5) is 0 Å². The second-order valence-corrected chi connectivity index (χ2v) is 9.55. The maximum Gasteiger partial charge on any atom is 0.280 e. The number of hydrazine groups is 1. The van der Waals surface area contributed by atoms with Crippen LogP contribution in [0.25, 0.3) is 11.1 Å². The normalized spacial score (nSPS) is 30.9. The molecule has 2 aromatic rings. The maximum absolute atomic E-state index is 13.0. The molecule has 0 unspecified atom stereocenters. The van der Waals surface area contributed by atoms with E-state index in [4.69, 9.17) is 0 Å². The molecule has 4 aliphatic carbocycles. The van der Waals surface area contributed by atoms with Gasteiger partial charge in [0.25, 0.3) is 5.91 Å². The van der Waals surface area contributed by atoms with E-state index in [0.717, 1.165) is 30.4 Å². The molecule has 0 spiro atoms. The van der Waals surface area contributed by atoms with Crippen LogP contribution in [0.1, 0.15) is 48.2 Å². The van der Waals surface area contributed by atoms with Gasteiger partial charge in [-0.05, 0) is 73.3 Å². The Morgan fingerprint density at radius 1 is 0.889 bits per heavy atom. The summed E-state index contributed by atoms with van der Waals surface area (Å²) in [5, 5.41) is 1.91. The first-order valence-electron chi connectivity index (χ1n) is 9.87. The van der Waals surface area contributed by atoms with Gasteiger partial charge >= 0.3 is 0 Å². The van der Waals surface area contributed by atoms with Crippen LogP contribution in [0.15, 0.2) is 41.8 Å². The number of carbonyl (C=O) groups excluding carboxylic acids is 2. The highest BCUT2D eigenvalue weighted by Crippen LogP contribution is 2.60. The summed E-state index contributed by atoms with van der Waals surface area (Å²) in [4.78, 5) is 26.4. The number of amides is 2. The van der Waals surface area contributed by atoms with Gasteiger partial charge in [0, 0.05) is 5.56 Å². The fourth-order valence-corrected chi connectivity index (χ4v) is 6.83. The lowest BCUT2D eigenvalue weighted by molar-refractivity contribution is -0.147. The van der Waals surface area contributed by atoms with Crippen LogP contribution in [0, 0.1) is 23.2 Å². The van der Waals surface area contributed by atoms with E-state index in [1.165, 1.54) is 30.6 Å². The van der Waals surface area contributed by atoms with Crippen molar-refractivity contribution in [1.29, 1.82) is 0 Å². The Labute approximate surface area is 163 Å². The van der Waals surface area contributed by atoms with Crippen LogP contribution in [0.3, 0.4) is 0 Å². The van der Waals surface area contributed by atoms with Crippen LogP contribution in [-0.2, 0) is 4.79 Å². The Morgan fingerprint density at radius 3 is 2.15 bits per heavy atom. The zero-order valence-electron chi connectivity index (χ0n) is 15.2. The second-order valence-electron chi connectivity index (χ2n) is 8.64. The van der Waals surface area contributed by atoms with Crippen molar-refractivity contribution in [3.05, 3.63) is 46.7 Å². The topological polar surface area (TPSA) is 58.2 Å². The molecule has 5 heteroatoms. The number of benzene rings is 1. The maximum atomic E-state index is 13.0. The van der Waals surface area contributed by atoms with Crippen LogP contribution in [-0.4, -0.2) is 11.8 Å². The summed E-state index contributed by atoms with van der Waals surface area (Å²) in [6.45, 7) is 0. The van der Waals surface area contributed by atoms with Gasteiger partial charge in [0.2, 0.25) is 5.91 Å². The Hall–Kier alpha value is -2.14. The minimum atomic E-state index is -0.250. The molecule has 2 N–H and O–H groups in total. The summed E-state index contributed by atoms with van der Waals surface area (Å²) in [7, 11) is 0. The van der Waals surface area contributed by atoms with Crippen molar-refractivity contribution in [3.8, 4) is 11.1 Å². The summed E-state index contributed by atoms with van der Waals surface area (Å²) in [6.07, 6.45) is 6.89. The van der Waals surface area contributed by atoms with Crippen LogP contribution in [0.5, 0.6) is 0 Å². The van der Waals surface area contributed by atoms with Crippen LogP contribution < -0.4 is 10.9 Å². The first kappa shape index (κ1) is 17.0. The van der Waals surface area contributed by atoms with Crippen LogP contribution >= 0.6 is 11.3 Å². The van der Waals surface area contributed by atoms with Gasteiger partial charge in [0.1, 0.15) is 4.88 Å². The van der Waals surface area contributed by atoms with Gasteiger partial charge in [-0.2, -0.15) is 0 Å². The van der Waals surface area contributed by atoms with Crippen molar-refractivity contribution < 1.29 is 9.59 Å². The summed E-state index contributed by atoms with van der Waals surface area (Å²) in [6, 6.07) is 11.8. The molecular formula is C22H24N2O2S. The Bertz CT molecular complexity index is 838. The third-order valence-corrected chi connectivity index (χ3v) is 7.68. The first-order valence-corrected chi connectivity index (χ1v) is 10.7. The van der Waals surface area contributed by atoms with Crippen molar-refractivity contribution >= 4 is 23.2 Å². The molecule has 6 rings (SSSR count). The highest BCUT2D eigenvalue weighted by Gasteiger charge is 2.54. The van der Waals surface area contributed by atoms with Crippen molar-refractivity contribution in [1.82, 2.24) is 10.9 Å². The molecule has 4 saturated carbocycles. The molecule has 0 aliphatic heterocycles. The smallest absolute Gasteiger partial charge is 0.273 e. The lowest BCUT2D eigenvalue weighted by atomic mass is 9.49. The van der Waals surface area contributed by atoms with Gasteiger partial charge in [0.05, 0.1) is 5.41 Å². The van der Waals surface area contributed by atoms with Crippen molar-refractivity contribution in [2.75, 3.05) is 0 Å². The number of nitrogens with one attached hydrogen (secondary N) is 2. The predicted molar refractivity (Wildman–Crippen MR) is 106 cm³/mol. The summed E-state index contributed by atoms with van der Waals surface area (Å²) in [5.41, 5.74) is 7.13. The Morgan fingerprint density at radius 2 is 1.52 bits per heavy atom. The largest absolute Gasteiger partial charge is 0.280 e. The van der Waals surface area contributed by atoms with Gasteiger partial charge in [-0.25, -0.2) is 0 Å². The quantitative estimate of drug-likeness (QED) is 0.776. The third kappa shape index (κ3) is 2.98. The molecule has 0 atom stereocenters. The van der Waals surface area contributed by atoms with E-state index < -0.39 is 0 Å². The monoisotopic (exact) mass is 380 g/mol. The zero-order valence-corrected chi connectivity index (χ0v) is 16.1. The third-order valence-electron chi connectivity index (χ3n) is 6.77. The summed E-state index contributed by atoms with van der Waals surface area (Å²) in [5.74, 6) is 1.91. The standard InChI is InChI=1S/C22H24N2O2S/c25-20(19-18(6-7-27-19)17-4-2-1-3-5-17)23-24-21(26)22-11-14-8-15(12-22)10-16(9-14)13-22/h1-7,14-16H,8-13H2,(H,23,25)(H,24,26). The molecule has 27 heavy (non-hydrogen) atoms. The molecule has 1 heterocycles. The van der Waals surface area contributed by atoms with E-state index in [2.05, 4.69) is 10.9 Å². The highest BCUT2D eigenvalue weighted by molar-refractivity contribution is 7.12. The number of rotatable bonds is 3. The summed E-state index contributed by atoms with van der Waals surface area (Å²) >= 11 is 1.40. The minimum Gasteiger partial charge on any atom is -0.273 e. The average Bonchev–Trinajstić information content (AvgIpc) is 3.15. The van der Waals surface area contributed by atoms with Gasteiger partial charge in [-0.15, -0.1) is 11.3 Å². The van der Waals surface area contributed by atoms with E-state index in [1.54, 1.807) is 0 Å². The van der Waals surface area contributed by atoms with E-state index in [-0.39, 0.29) is 17.2 Å². The van der Waals surface area contributed by atoms with Crippen LogP contribution in [0.2, 0.25) is 0 Å². The van der Waals surface area contributed by atoms with Crippen molar-refractivity contribution in [2.24, 2.45) is 23.2 Å². The van der Waals surface area contributed by atoms with E-state index in [9.17, 15) is 9.59 Å². The lowest BCUT2D eigenvalue weighted by Gasteiger charge is -2.55. The number of hydrogen-bond acceptors (Lipinski definition) is 3. The molecule has 0 saturated heterocycles. The lowest BCUT2D eigenvalue weighted by Crippen LogP contribution is -2.56. The minimum absolute atomic E-state index is 0.0211. The molecule has 4 aliphatic rings. The van der Waals surface area contributed by atoms with E-state index >= 15 is 0 Å². The van der Waals surface area contributed by atoms with E-state index in [0.29, 0.717) is 22.6 Å². The highest BCUT2D eigenvalue weighted by atomic mass is 32.1. The number of hydrogen-bond donors (Lipinski definition) is 2. The van der Waals surface area contributed by atoms with Gasteiger partial charge in [-0.1, -0.05) is 30.3 Å². The van der Waals surface area contributed by atoms with Gasteiger partial charge in [-0.3, -0.25) is 20.4 Å². The molecule has 4 bridgehead atoms. The van der Waals surface area contributed by atoms with Crippen molar-refractivity contribution in [3.63, 3.8) is 0 Å². The second kappa shape index (κ2) is 6.48. The molecule has 4 fully saturated rings. The van der Waals surface area contributed by atoms with Crippen molar-refractivity contribution in [2.45, 2.75) is 38.5 Å². The fraction of sp³-hybridized carbons (Fsp3) is 0.455. The molecule has 4 nitrogen and oxygen atoms in total. The molecule has 1 aromatic carbocycles. The molecule has 0 radical (unpaired) electrons. The molecule has 2 amide bonds. The molecule has 140 valence electrons. The average molecular weight is 381 g/mol. The Balaban J connectivity index is 1.28. The number of thiophene rings is 1.